The Kier molecular flexibility index (Phi) is 4.40. The minimum Gasteiger partial charge on any atom is -0.335 e. The number of amidine groups is 1. The molecule has 4 heteroatoms. The fraction of sp³-hybridized carbons (Fsp3) is 0.462. The first-order valence-electron chi connectivity index (χ1n) is 5.83. The summed E-state index contributed by atoms with van der Waals surface area (Å²) in [5.74, 6) is 0. The summed E-state index contributed by atoms with van der Waals surface area (Å²) >= 11 is 3.59. The van der Waals surface area contributed by atoms with E-state index in [0.29, 0.717) is 11.3 Å². The Morgan fingerprint density at radius 2 is 2.00 bits per heavy atom. The molecule has 0 aliphatic carbocycles. The van der Waals surface area contributed by atoms with Crippen LogP contribution in [0.15, 0.2) is 34.2 Å². The van der Waals surface area contributed by atoms with E-state index in [1.165, 1.54) is 11.3 Å². The molecule has 0 amide bonds. The Morgan fingerprint density at radius 1 is 1.29 bits per heavy atom. The van der Waals surface area contributed by atoms with Gasteiger partial charge in [0.1, 0.15) is 0 Å². The maximum Gasteiger partial charge on any atom is 0.161 e. The maximum atomic E-state index is 4.63. The van der Waals surface area contributed by atoms with Gasteiger partial charge >= 0.3 is 0 Å². The van der Waals surface area contributed by atoms with Gasteiger partial charge in [0.25, 0.3) is 0 Å². The lowest BCUT2D eigenvalue weighted by atomic mass is 10.2. The van der Waals surface area contributed by atoms with Gasteiger partial charge in [0.15, 0.2) is 5.17 Å². The second-order valence-corrected chi connectivity index (χ2v) is 6.61. The molecule has 0 spiro atoms. The second kappa shape index (κ2) is 5.83. The van der Waals surface area contributed by atoms with Crippen molar-refractivity contribution in [3.63, 3.8) is 0 Å². The van der Waals surface area contributed by atoms with E-state index in [2.05, 4.69) is 54.7 Å². The van der Waals surface area contributed by atoms with Crippen molar-refractivity contribution in [1.29, 1.82) is 0 Å². The van der Waals surface area contributed by atoms with E-state index in [9.17, 15) is 0 Å². The Labute approximate surface area is 112 Å². The van der Waals surface area contributed by atoms with Crippen molar-refractivity contribution in [2.24, 2.45) is 4.99 Å². The molecule has 2 rings (SSSR count). The summed E-state index contributed by atoms with van der Waals surface area (Å²) in [5.41, 5.74) is 1.12. The van der Waals surface area contributed by atoms with E-state index in [4.69, 9.17) is 0 Å². The van der Waals surface area contributed by atoms with Crippen LogP contribution in [0.4, 0.5) is 5.69 Å². The van der Waals surface area contributed by atoms with Crippen molar-refractivity contribution in [2.45, 2.75) is 36.5 Å². The number of aliphatic imine (C=N–C) groups is 1. The summed E-state index contributed by atoms with van der Waals surface area (Å²) in [7, 11) is 0. The van der Waals surface area contributed by atoms with Crippen LogP contribution in [-0.4, -0.2) is 22.7 Å². The van der Waals surface area contributed by atoms with Gasteiger partial charge in [-0.2, -0.15) is 0 Å². The van der Waals surface area contributed by atoms with E-state index < -0.39 is 0 Å². The number of nitrogens with zero attached hydrogens (tertiary/aromatic N) is 1. The van der Waals surface area contributed by atoms with Crippen molar-refractivity contribution in [3.8, 4) is 0 Å². The van der Waals surface area contributed by atoms with Crippen LogP contribution >= 0.6 is 23.5 Å². The molecular weight excluding hydrogens is 248 g/mol. The summed E-state index contributed by atoms with van der Waals surface area (Å²) in [6.45, 7) is 4.43. The van der Waals surface area contributed by atoms with Crippen molar-refractivity contribution >= 4 is 34.4 Å². The smallest absolute Gasteiger partial charge is 0.161 e. The Bertz CT molecular complexity index is 400. The van der Waals surface area contributed by atoms with Crippen LogP contribution in [0.5, 0.6) is 0 Å². The van der Waals surface area contributed by atoms with Crippen LogP contribution in [-0.2, 0) is 0 Å². The fourth-order valence-electron chi connectivity index (χ4n) is 1.86. The van der Waals surface area contributed by atoms with Gasteiger partial charge in [-0.3, -0.25) is 4.99 Å². The number of hydrogen-bond acceptors (Lipinski definition) is 4. The Morgan fingerprint density at radius 3 is 2.59 bits per heavy atom. The summed E-state index contributed by atoms with van der Waals surface area (Å²) in [6.07, 6.45) is 3.26. The predicted octanol–water partition coefficient (Wildman–Crippen LogP) is 4.09. The largest absolute Gasteiger partial charge is 0.335 e. The van der Waals surface area contributed by atoms with E-state index in [1.54, 1.807) is 11.8 Å². The lowest BCUT2D eigenvalue weighted by Gasteiger charge is -2.23. The number of nitrogens with one attached hydrogen (secondary N) is 1. The number of benzene rings is 1. The highest BCUT2D eigenvalue weighted by Gasteiger charge is 2.18. The van der Waals surface area contributed by atoms with Gasteiger partial charge in [-0.1, -0.05) is 18.7 Å². The lowest BCUT2D eigenvalue weighted by Crippen LogP contribution is -2.22. The summed E-state index contributed by atoms with van der Waals surface area (Å²) in [4.78, 5) is 5.92. The third-order valence-electron chi connectivity index (χ3n) is 2.66. The molecule has 0 bridgehead atoms. The zero-order valence-electron chi connectivity index (χ0n) is 10.4. The Hall–Kier alpha value is -0.610. The number of thioether (sulfide) groups is 2. The van der Waals surface area contributed by atoms with Gasteiger partial charge in [-0.15, -0.1) is 11.8 Å². The summed E-state index contributed by atoms with van der Waals surface area (Å²) in [5, 5.41) is 5.09. The van der Waals surface area contributed by atoms with Crippen LogP contribution < -0.4 is 5.32 Å². The van der Waals surface area contributed by atoms with E-state index >= 15 is 0 Å². The van der Waals surface area contributed by atoms with Gasteiger partial charge in [0, 0.05) is 15.8 Å². The SMILES string of the molecule is CSc1ccc(NC2=NC(C)CC(C)S2)cc1. The molecule has 17 heavy (non-hydrogen) atoms. The molecule has 1 heterocycles. The molecule has 0 saturated heterocycles. The van der Waals surface area contributed by atoms with Gasteiger partial charge in [-0.05, 0) is 43.9 Å². The first-order valence-corrected chi connectivity index (χ1v) is 7.93. The first-order chi connectivity index (χ1) is 8.17. The molecule has 1 aromatic rings. The maximum absolute atomic E-state index is 4.63. The van der Waals surface area contributed by atoms with Crippen molar-refractivity contribution < 1.29 is 0 Å². The topological polar surface area (TPSA) is 24.4 Å². The average molecular weight is 266 g/mol. The van der Waals surface area contributed by atoms with Crippen LogP contribution in [0.25, 0.3) is 0 Å². The molecule has 92 valence electrons. The second-order valence-electron chi connectivity index (χ2n) is 4.30. The highest BCUT2D eigenvalue weighted by Crippen LogP contribution is 2.26. The standard InChI is InChI=1S/C13H18N2S2/c1-9-8-10(2)17-13(14-9)15-11-4-6-12(16-3)7-5-11/h4-7,9-10H,8H2,1-3H3,(H,14,15). The molecule has 1 N–H and O–H groups in total. The number of anilines is 1. The summed E-state index contributed by atoms with van der Waals surface area (Å²) in [6, 6.07) is 8.92. The minimum absolute atomic E-state index is 0.430. The van der Waals surface area contributed by atoms with E-state index in [-0.39, 0.29) is 0 Å². The third-order valence-corrected chi connectivity index (χ3v) is 4.43. The molecule has 0 aromatic heterocycles. The molecule has 0 saturated carbocycles. The molecule has 0 radical (unpaired) electrons. The molecule has 1 aliphatic heterocycles. The fourth-order valence-corrected chi connectivity index (χ4v) is 3.44. The average Bonchev–Trinajstić information content (AvgIpc) is 2.28. The minimum atomic E-state index is 0.430. The summed E-state index contributed by atoms with van der Waals surface area (Å²) < 4.78 is 0. The molecule has 2 unspecified atom stereocenters. The van der Waals surface area contributed by atoms with Crippen LogP contribution in [0, 0.1) is 0 Å². The quantitative estimate of drug-likeness (QED) is 0.816. The molecular formula is C13H18N2S2. The first kappa shape index (κ1) is 12.8. The highest BCUT2D eigenvalue weighted by atomic mass is 32.2. The van der Waals surface area contributed by atoms with Crippen molar-refractivity contribution in [3.05, 3.63) is 24.3 Å². The number of rotatable bonds is 2. The molecule has 2 atom stereocenters. The van der Waals surface area contributed by atoms with Gasteiger partial charge in [0.2, 0.25) is 0 Å². The molecule has 1 aliphatic rings. The third kappa shape index (κ3) is 3.68. The zero-order chi connectivity index (χ0) is 12.3. The highest BCUT2D eigenvalue weighted by molar-refractivity contribution is 8.14. The predicted molar refractivity (Wildman–Crippen MR) is 80.4 cm³/mol. The van der Waals surface area contributed by atoms with Crippen molar-refractivity contribution in [2.75, 3.05) is 11.6 Å². The van der Waals surface area contributed by atoms with Gasteiger partial charge < -0.3 is 5.32 Å². The van der Waals surface area contributed by atoms with Gasteiger partial charge in [-0.25, -0.2) is 0 Å². The monoisotopic (exact) mass is 266 g/mol. The van der Waals surface area contributed by atoms with E-state index in [1.807, 2.05) is 11.8 Å². The molecule has 1 aromatic carbocycles. The van der Waals surface area contributed by atoms with Crippen molar-refractivity contribution in [1.82, 2.24) is 0 Å². The van der Waals surface area contributed by atoms with Gasteiger partial charge in [0.05, 0.1) is 6.04 Å². The normalized spacial score (nSPS) is 24.3. The zero-order valence-corrected chi connectivity index (χ0v) is 12.1. The van der Waals surface area contributed by atoms with Crippen LogP contribution in [0.1, 0.15) is 20.3 Å². The Balaban J connectivity index is 2.04. The molecule has 0 fully saturated rings. The molecule has 2 nitrogen and oxygen atoms in total. The van der Waals surface area contributed by atoms with E-state index in [0.717, 1.165) is 10.9 Å². The van der Waals surface area contributed by atoms with Crippen LogP contribution in [0.3, 0.4) is 0 Å². The van der Waals surface area contributed by atoms with Crippen LogP contribution in [0.2, 0.25) is 0 Å². The lowest BCUT2D eigenvalue weighted by molar-refractivity contribution is 0.661. The number of hydrogen-bond donors (Lipinski definition) is 1.